The van der Waals surface area contributed by atoms with Crippen molar-refractivity contribution < 1.29 is 9.53 Å². The fourth-order valence-electron chi connectivity index (χ4n) is 1.12. The highest BCUT2D eigenvalue weighted by atomic mass is 16.5. The predicted molar refractivity (Wildman–Crippen MR) is 70.3 cm³/mol. The fourth-order valence-corrected chi connectivity index (χ4v) is 1.12. The van der Waals surface area contributed by atoms with Crippen LogP contribution in [0.3, 0.4) is 0 Å². The maximum atomic E-state index is 11.3. The summed E-state index contributed by atoms with van der Waals surface area (Å²) in [6, 6.07) is 0. The molecule has 0 spiro atoms. The average molecular weight is 226 g/mol. The quantitative estimate of drug-likeness (QED) is 0.400. The summed E-state index contributed by atoms with van der Waals surface area (Å²) < 4.78 is 5.00. The van der Waals surface area contributed by atoms with Crippen LogP contribution >= 0.6 is 0 Å². The molecule has 0 saturated carbocycles. The average Bonchev–Trinajstić information content (AvgIpc) is 2.30. The van der Waals surface area contributed by atoms with Gasteiger partial charge in [-0.2, -0.15) is 0 Å². The van der Waals surface area contributed by atoms with E-state index < -0.39 is 0 Å². The number of carbonyl (C=O) groups excluding carboxylic acids is 1. The minimum absolute atomic E-state index is 0.138. The van der Waals surface area contributed by atoms with Crippen LogP contribution in [0.2, 0.25) is 0 Å². The summed E-state index contributed by atoms with van der Waals surface area (Å²) in [5, 5.41) is 0. The van der Waals surface area contributed by atoms with Gasteiger partial charge in [0.05, 0.1) is 12.9 Å². The molecule has 0 aromatic carbocycles. The Balaban J connectivity index is 0. The number of ether oxygens (including phenoxy) is 1. The molecule has 0 aliphatic carbocycles. The molecule has 16 heavy (non-hydrogen) atoms. The molecule has 2 heteroatoms. The standard InChI is InChI=1S/C12H20O2.C2H6/c1-6-9(2)12(11(4)13)8-7-10(3)14-5;1-2/h7-9H,6H2,1-5H3;1-2H3/b10-7+,12-8+;. The van der Waals surface area contributed by atoms with Gasteiger partial charge in [0.25, 0.3) is 0 Å². The van der Waals surface area contributed by atoms with E-state index in [9.17, 15) is 4.79 Å². The van der Waals surface area contributed by atoms with Crippen molar-refractivity contribution in [3.8, 4) is 0 Å². The molecule has 0 N–H and O–H groups in total. The van der Waals surface area contributed by atoms with Crippen molar-refractivity contribution in [2.45, 2.75) is 48.0 Å². The summed E-state index contributed by atoms with van der Waals surface area (Å²) in [6.07, 6.45) is 4.67. The van der Waals surface area contributed by atoms with Crippen molar-refractivity contribution >= 4 is 5.78 Å². The van der Waals surface area contributed by atoms with E-state index in [4.69, 9.17) is 4.74 Å². The molecule has 0 aliphatic heterocycles. The van der Waals surface area contributed by atoms with E-state index in [1.807, 2.05) is 32.9 Å². The second-order valence-corrected chi connectivity index (χ2v) is 3.47. The first-order valence-corrected chi connectivity index (χ1v) is 5.96. The second-order valence-electron chi connectivity index (χ2n) is 3.47. The summed E-state index contributed by atoms with van der Waals surface area (Å²) >= 11 is 0. The van der Waals surface area contributed by atoms with Crippen LogP contribution in [0.25, 0.3) is 0 Å². The number of hydrogen-bond donors (Lipinski definition) is 0. The first-order valence-electron chi connectivity index (χ1n) is 5.96. The Kier molecular flexibility index (Phi) is 11.3. The number of hydrogen-bond acceptors (Lipinski definition) is 2. The Labute approximate surface area is 100 Å². The third kappa shape index (κ3) is 7.27. The number of allylic oxidation sites excluding steroid dienone is 4. The highest BCUT2D eigenvalue weighted by Gasteiger charge is 2.09. The van der Waals surface area contributed by atoms with E-state index in [1.165, 1.54) is 0 Å². The molecule has 0 aromatic heterocycles. The molecule has 1 unspecified atom stereocenters. The van der Waals surface area contributed by atoms with Gasteiger partial charge in [0.15, 0.2) is 5.78 Å². The van der Waals surface area contributed by atoms with Crippen molar-refractivity contribution in [1.29, 1.82) is 0 Å². The molecule has 2 nitrogen and oxygen atoms in total. The van der Waals surface area contributed by atoms with E-state index in [1.54, 1.807) is 14.0 Å². The van der Waals surface area contributed by atoms with Crippen LogP contribution in [0.15, 0.2) is 23.5 Å². The molecule has 0 saturated heterocycles. The van der Waals surface area contributed by atoms with Gasteiger partial charge >= 0.3 is 0 Å². The molecule has 0 rings (SSSR count). The molecule has 0 fully saturated rings. The van der Waals surface area contributed by atoms with Crippen LogP contribution in [0.5, 0.6) is 0 Å². The van der Waals surface area contributed by atoms with Gasteiger partial charge in [-0.3, -0.25) is 4.79 Å². The second kappa shape index (κ2) is 10.5. The number of methoxy groups -OCH3 is 1. The maximum Gasteiger partial charge on any atom is 0.156 e. The van der Waals surface area contributed by atoms with Crippen LogP contribution in [0.1, 0.15) is 48.0 Å². The number of ketones is 1. The molecule has 94 valence electrons. The van der Waals surface area contributed by atoms with E-state index >= 15 is 0 Å². The topological polar surface area (TPSA) is 26.3 Å². The van der Waals surface area contributed by atoms with E-state index in [-0.39, 0.29) is 5.78 Å². The van der Waals surface area contributed by atoms with Crippen molar-refractivity contribution in [2.24, 2.45) is 5.92 Å². The minimum Gasteiger partial charge on any atom is -0.501 e. The molecule has 1 atom stereocenters. The van der Waals surface area contributed by atoms with Crippen molar-refractivity contribution in [2.75, 3.05) is 7.11 Å². The predicted octanol–water partition coefficient (Wildman–Crippen LogP) is 4.12. The highest BCUT2D eigenvalue weighted by molar-refractivity contribution is 5.93. The van der Waals surface area contributed by atoms with Gasteiger partial charge in [-0.15, -0.1) is 0 Å². The van der Waals surface area contributed by atoms with Gasteiger partial charge in [0, 0.05) is 0 Å². The Morgan fingerprint density at radius 2 is 1.75 bits per heavy atom. The van der Waals surface area contributed by atoms with Gasteiger partial charge in [-0.05, 0) is 37.8 Å². The zero-order valence-electron chi connectivity index (χ0n) is 11.8. The fraction of sp³-hybridized carbons (Fsp3) is 0.643. The van der Waals surface area contributed by atoms with Gasteiger partial charge < -0.3 is 4.74 Å². The van der Waals surface area contributed by atoms with Crippen LogP contribution < -0.4 is 0 Å². The zero-order chi connectivity index (χ0) is 13.1. The van der Waals surface area contributed by atoms with Crippen molar-refractivity contribution in [1.82, 2.24) is 0 Å². The van der Waals surface area contributed by atoms with Gasteiger partial charge in [0.2, 0.25) is 0 Å². The Morgan fingerprint density at radius 1 is 1.25 bits per heavy atom. The molecule has 0 bridgehead atoms. The SMILES string of the molecule is CC.CCC(C)/C(=C\C=C(/C)OC)C(C)=O. The van der Waals surface area contributed by atoms with Crippen molar-refractivity contribution in [3.05, 3.63) is 23.5 Å². The maximum absolute atomic E-state index is 11.3. The Morgan fingerprint density at radius 3 is 2.06 bits per heavy atom. The molecule has 0 heterocycles. The molecule has 0 amide bonds. The normalized spacial score (nSPS) is 13.7. The lowest BCUT2D eigenvalue weighted by atomic mass is 9.95. The van der Waals surface area contributed by atoms with Gasteiger partial charge in [-0.25, -0.2) is 0 Å². The Hall–Kier alpha value is -1.05. The first kappa shape index (κ1) is 17.3. The summed E-state index contributed by atoms with van der Waals surface area (Å²) in [5.74, 6) is 1.26. The number of Topliss-reactive ketones (excluding diaryl/α,β-unsaturated/α-hetero) is 1. The van der Waals surface area contributed by atoms with E-state index in [0.717, 1.165) is 17.8 Å². The Bertz CT molecular complexity index is 249. The lowest BCUT2D eigenvalue weighted by molar-refractivity contribution is -0.114. The third-order valence-corrected chi connectivity index (χ3v) is 2.37. The van der Waals surface area contributed by atoms with Crippen LogP contribution in [-0.4, -0.2) is 12.9 Å². The highest BCUT2D eigenvalue weighted by Crippen LogP contribution is 2.15. The number of rotatable bonds is 5. The molecule has 0 radical (unpaired) electrons. The summed E-state index contributed by atoms with van der Waals surface area (Å²) in [4.78, 5) is 11.3. The lowest BCUT2D eigenvalue weighted by Crippen LogP contribution is -2.06. The third-order valence-electron chi connectivity index (χ3n) is 2.37. The zero-order valence-corrected chi connectivity index (χ0v) is 11.8. The van der Waals surface area contributed by atoms with Crippen molar-refractivity contribution in [3.63, 3.8) is 0 Å². The summed E-state index contributed by atoms with van der Waals surface area (Å²) in [6.45, 7) is 11.6. The van der Waals surface area contributed by atoms with E-state index in [2.05, 4.69) is 13.8 Å². The monoisotopic (exact) mass is 226 g/mol. The molecule has 0 aromatic rings. The summed E-state index contributed by atoms with van der Waals surface area (Å²) in [7, 11) is 1.62. The molecular weight excluding hydrogens is 200 g/mol. The minimum atomic E-state index is 0.138. The van der Waals surface area contributed by atoms with Crippen LogP contribution in [-0.2, 0) is 9.53 Å². The van der Waals surface area contributed by atoms with Gasteiger partial charge in [-0.1, -0.05) is 33.8 Å². The van der Waals surface area contributed by atoms with Crippen LogP contribution in [0.4, 0.5) is 0 Å². The van der Waals surface area contributed by atoms with Crippen LogP contribution in [0, 0.1) is 5.92 Å². The lowest BCUT2D eigenvalue weighted by Gasteiger charge is -2.09. The first-order chi connectivity index (χ1) is 7.52. The summed E-state index contributed by atoms with van der Waals surface area (Å²) in [5.41, 5.74) is 0.865. The van der Waals surface area contributed by atoms with Gasteiger partial charge in [0.1, 0.15) is 0 Å². The molecule has 0 aliphatic rings. The largest absolute Gasteiger partial charge is 0.501 e. The smallest absolute Gasteiger partial charge is 0.156 e. The molecular formula is C14H26O2. The van der Waals surface area contributed by atoms with E-state index in [0.29, 0.717) is 5.92 Å². The number of carbonyl (C=O) groups is 1.